The molecule has 4 N–H and O–H groups in total. The molecule has 1 aliphatic rings. The Hall–Kier alpha value is -1.59. The van der Waals surface area contributed by atoms with Crippen LogP contribution in [0.2, 0.25) is 0 Å². The normalized spacial score (nSPS) is 19.5. The average molecular weight is 235 g/mol. The molecule has 1 fully saturated rings. The van der Waals surface area contributed by atoms with Gasteiger partial charge in [0, 0.05) is 13.1 Å². The Bertz CT molecular complexity index is 434. The van der Waals surface area contributed by atoms with Gasteiger partial charge in [-0.15, -0.1) is 0 Å². The van der Waals surface area contributed by atoms with Gasteiger partial charge >= 0.3 is 0 Å². The standard InChI is InChI=1S/C12H17N3O2/c1-8-2-3-10(11(6-8)14-13)12(17)15-5-4-9(16)7-15/h2-3,6,9,14,16H,4-5,7,13H2,1H3. The van der Waals surface area contributed by atoms with Crippen LogP contribution in [0.15, 0.2) is 18.2 Å². The predicted molar refractivity (Wildman–Crippen MR) is 65.5 cm³/mol. The van der Waals surface area contributed by atoms with Crippen LogP contribution in [0, 0.1) is 6.92 Å². The highest BCUT2D eigenvalue weighted by Gasteiger charge is 2.26. The molecule has 92 valence electrons. The summed E-state index contributed by atoms with van der Waals surface area (Å²) in [6, 6.07) is 5.47. The summed E-state index contributed by atoms with van der Waals surface area (Å²) in [4.78, 5) is 13.9. The molecule has 0 aromatic heterocycles. The van der Waals surface area contributed by atoms with Gasteiger partial charge in [-0.05, 0) is 31.0 Å². The number of likely N-dealkylation sites (tertiary alicyclic amines) is 1. The number of aliphatic hydroxyl groups excluding tert-OH is 1. The fourth-order valence-electron chi connectivity index (χ4n) is 2.06. The van der Waals surface area contributed by atoms with Crippen molar-refractivity contribution in [3.63, 3.8) is 0 Å². The van der Waals surface area contributed by atoms with E-state index in [0.29, 0.717) is 30.8 Å². The number of carbonyl (C=O) groups excluding carboxylic acids is 1. The van der Waals surface area contributed by atoms with Crippen molar-refractivity contribution in [2.45, 2.75) is 19.4 Å². The van der Waals surface area contributed by atoms with Gasteiger partial charge < -0.3 is 15.4 Å². The van der Waals surface area contributed by atoms with Crippen LogP contribution in [0.4, 0.5) is 5.69 Å². The maximum Gasteiger partial charge on any atom is 0.256 e. The Morgan fingerprint density at radius 1 is 1.59 bits per heavy atom. The van der Waals surface area contributed by atoms with E-state index in [0.717, 1.165) is 5.56 Å². The first-order chi connectivity index (χ1) is 8.11. The van der Waals surface area contributed by atoms with Crippen LogP contribution < -0.4 is 11.3 Å². The molecule has 5 heteroatoms. The second kappa shape index (κ2) is 4.73. The van der Waals surface area contributed by atoms with Gasteiger partial charge in [-0.1, -0.05) is 6.07 Å². The SMILES string of the molecule is Cc1ccc(C(=O)N2CCC(O)C2)c(NN)c1. The van der Waals surface area contributed by atoms with Crippen molar-refractivity contribution in [2.24, 2.45) is 5.84 Å². The van der Waals surface area contributed by atoms with E-state index in [-0.39, 0.29) is 5.91 Å². The first kappa shape index (κ1) is 11.9. The van der Waals surface area contributed by atoms with Crippen molar-refractivity contribution in [1.29, 1.82) is 0 Å². The minimum atomic E-state index is -0.404. The lowest BCUT2D eigenvalue weighted by Gasteiger charge is -2.17. The van der Waals surface area contributed by atoms with Crippen LogP contribution in [0.3, 0.4) is 0 Å². The Balaban J connectivity index is 2.24. The van der Waals surface area contributed by atoms with E-state index < -0.39 is 6.10 Å². The van der Waals surface area contributed by atoms with E-state index >= 15 is 0 Å². The highest BCUT2D eigenvalue weighted by Crippen LogP contribution is 2.20. The van der Waals surface area contributed by atoms with Gasteiger partial charge in [0.05, 0.1) is 17.4 Å². The van der Waals surface area contributed by atoms with E-state index in [1.807, 2.05) is 19.1 Å². The number of aliphatic hydroxyl groups is 1. The van der Waals surface area contributed by atoms with Crippen molar-refractivity contribution >= 4 is 11.6 Å². The molecule has 0 radical (unpaired) electrons. The summed E-state index contributed by atoms with van der Waals surface area (Å²) >= 11 is 0. The van der Waals surface area contributed by atoms with Crippen molar-refractivity contribution in [2.75, 3.05) is 18.5 Å². The lowest BCUT2D eigenvalue weighted by atomic mass is 10.1. The Morgan fingerprint density at radius 3 is 2.94 bits per heavy atom. The summed E-state index contributed by atoms with van der Waals surface area (Å²) < 4.78 is 0. The van der Waals surface area contributed by atoms with Crippen molar-refractivity contribution < 1.29 is 9.90 Å². The Morgan fingerprint density at radius 2 is 2.35 bits per heavy atom. The number of anilines is 1. The smallest absolute Gasteiger partial charge is 0.256 e. The number of nitrogens with zero attached hydrogens (tertiary/aromatic N) is 1. The number of hydrogen-bond donors (Lipinski definition) is 3. The molecule has 5 nitrogen and oxygen atoms in total. The van der Waals surface area contributed by atoms with Crippen molar-refractivity contribution in [3.8, 4) is 0 Å². The third kappa shape index (κ3) is 2.40. The molecular formula is C12H17N3O2. The van der Waals surface area contributed by atoms with Crippen LogP contribution in [0.1, 0.15) is 22.3 Å². The van der Waals surface area contributed by atoms with E-state index in [2.05, 4.69) is 5.43 Å². The number of hydrazine groups is 1. The van der Waals surface area contributed by atoms with Crippen LogP contribution in [0.25, 0.3) is 0 Å². The number of amides is 1. The number of hydrogen-bond acceptors (Lipinski definition) is 4. The molecule has 1 aromatic rings. The third-order valence-corrected chi connectivity index (χ3v) is 3.01. The number of rotatable bonds is 2. The average Bonchev–Trinajstić information content (AvgIpc) is 2.75. The topological polar surface area (TPSA) is 78.6 Å². The Labute approximate surface area is 100 Å². The molecule has 2 rings (SSSR count). The summed E-state index contributed by atoms with van der Waals surface area (Å²) in [6.07, 6.45) is 0.238. The summed E-state index contributed by atoms with van der Waals surface area (Å²) in [5.41, 5.74) is 4.75. The summed E-state index contributed by atoms with van der Waals surface area (Å²) in [5.74, 6) is 5.32. The van der Waals surface area contributed by atoms with Crippen molar-refractivity contribution in [1.82, 2.24) is 4.90 Å². The van der Waals surface area contributed by atoms with Gasteiger partial charge in [0.1, 0.15) is 0 Å². The van der Waals surface area contributed by atoms with Crippen LogP contribution in [-0.2, 0) is 0 Å². The van der Waals surface area contributed by atoms with Gasteiger partial charge in [-0.3, -0.25) is 10.6 Å². The summed E-state index contributed by atoms with van der Waals surface area (Å²) in [7, 11) is 0. The molecule has 0 saturated carbocycles. The molecule has 1 heterocycles. The number of nitrogens with two attached hydrogens (primary N) is 1. The van der Waals surface area contributed by atoms with Crippen LogP contribution in [-0.4, -0.2) is 35.1 Å². The molecule has 1 saturated heterocycles. The predicted octanol–water partition coefficient (Wildman–Crippen LogP) is 0.487. The minimum Gasteiger partial charge on any atom is -0.391 e. The molecule has 1 atom stereocenters. The molecule has 0 aliphatic carbocycles. The maximum atomic E-state index is 12.2. The van der Waals surface area contributed by atoms with Gasteiger partial charge in [-0.2, -0.15) is 0 Å². The summed E-state index contributed by atoms with van der Waals surface area (Å²) in [5, 5.41) is 9.43. The highest BCUT2D eigenvalue weighted by molar-refractivity contribution is 5.99. The van der Waals surface area contributed by atoms with Gasteiger partial charge in [0.2, 0.25) is 0 Å². The van der Waals surface area contributed by atoms with Gasteiger partial charge in [0.25, 0.3) is 5.91 Å². The number of nitrogen functional groups attached to an aromatic ring is 1. The lowest BCUT2D eigenvalue weighted by molar-refractivity contribution is 0.0766. The summed E-state index contributed by atoms with van der Waals surface area (Å²) in [6.45, 7) is 2.93. The van der Waals surface area contributed by atoms with E-state index in [9.17, 15) is 9.90 Å². The number of carbonyl (C=O) groups is 1. The first-order valence-electron chi connectivity index (χ1n) is 5.66. The number of benzene rings is 1. The van der Waals surface area contributed by atoms with E-state index in [4.69, 9.17) is 5.84 Å². The monoisotopic (exact) mass is 235 g/mol. The van der Waals surface area contributed by atoms with Crippen molar-refractivity contribution in [3.05, 3.63) is 29.3 Å². The zero-order chi connectivity index (χ0) is 12.4. The second-order valence-corrected chi connectivity index (χ2v) is 4.39. The first-order valence-corrected chi connectivity index (χ1v) is 5.66. The molecule has 17 heavy (non-hydrogen) atoms. The fraction of sp³-hybridized carbons (Fsp3) is 0.417. The zero-order valence-corrected chi connectivity index (χ0v) is 9.81. The molecule has 1 aliphatic heterocycles. The minimum absolute atomic E-state index is 0.0884. The third-order valence-electron chi connectivity index (χ3n) is 3.01. The molecule has 1 aromatic carbocycles. The molecule has 1 amide bonds. The quantitative estimate of drug-likeness (QED) is 0.515. The second-order valence-electron chi connectivity index (χ2n) is 4.39. The molecule has 0 bridgehead atoms. The fourth-order valence-corrected chi connectivity index (χ4v) is 2.06. The molecule has 0 spiro atoms. The molecular weight excluding hydrogens is 218 g/mol. The Kier molecular flexibility index (Phi) is 3.31. The largest absolute Gasteiger partial charge is 0.391 e. The highest BCUT2D eigenvalue weighted by atomic mass is 16.3. The van der Waals surface area contributed by atoms with Crippen LogP contribution >= 0.6 is 0 Å². The lowest BCUT2D eigenvalue weighted by Crippen LogP contribution is -2.30. The van der Waals surface area contributed by atoms with E-state index in [1.54, 1.807) is 11.0 Å². The van der Waals surface area contributed by atoms with E-state index in [1.165, 1.54) is 0 Å². The molecule has 1 unspecified atom stereocenters. The number of aryl methyl sites for hydroxylation is 1. The zero-order valence-electron chi connectivity index (χ0n) is 9.81. The number of nitrogens with one attached hydrogen (secondary N) is 1. The van der Waals surface area contributed by atoms with Crippen LogP contribution in [0.5, 0.6) is 0 Å². The maximum absolute atomic E-state index is 12.2. The van der Waals surface area contributed by atoms with Gasteiger partial charge in [0.15, 0.2) is 0 Å². The number of β-amino-alcohol motifs (C(OH)–C–C–N with tert-alkyl or cyclic N) is 1. The van der Waals surface area contributed by atoms with Gasteiger partial charge in [-0.25, -0.2) is 0 Å².